The van der Waals surface area contributed by atoms with E-state index in [9.17, 15) is 9.59 Å². The second-order valence-electron chi connectivity index (χ2n) is 5.89. The van der Waals surface area contributed by atoms with Gasteiger partial charge in [-0.2, -0.15) is 0 Å². The quantitative estimate of drug-likeness (QED) is 0.772. The van der Waals surface area contributed by atoms with Crippen LogP contribution in [0.25, 0.3) is 0 Å². The summed E-state index contributed by atoms with van der Waals surface area (Å²) < 4.78 is 4.92. The van der Waals surface area contributed by atoms with Gasteiger partial charge in [-0.15, -0.1) is 11.8 Å². The predicted octanol–water partition coefficient (Wildman–Crippen LogP) is 3.34. The van der Waals surface area contributed by atoms with Gasteiger partial charge in [0.15, 0.2) is 5.82 Å². The lowest BCUT2D eigenvalue weighted by Gasteiger charge is -2.22. The predicted molar refractivity (Wildman–Crippen MR) is 96.8 cm³/mol. The molecule has 1 heterocycles. The number of carbonyl (C=O) groups excluding carboxylic acids is 2. The van der Waals surface area contributed by atoms with Gasteiger partial charge in [-0.1, -0.05) is 5.16 Å². The third kappa shape index (κ3) is 4.76. The first-order valence-electron chi connectivity index (χ1n) is 8.00. The number of aromatic nitrogens is 1. The Balaban J connectivity index is 1.59. The monoisotopic (exact) mass is 360 g/mol. The number of rotatable bonds is 6. The fourth-order valence-corrected chi connectivity index (χ4v) is 2.79. The summed E-state index contributed by atoms with van der Waals surface area (Å²) in [5.41, 5.74) is 0.709. The number of benzene rings is 1. The number of amides is 3. The molecule has 25 heavy (non-hydrogen) atoms. The Morgan fingerprint density at radius 3 is 2.56 bits per heavy atom. The van der Waals surface area contributed by atoms with E-state index in [1.54, 1.807) is 29.7 Å². The Labute approximate surface area is 150 Å². The maximum atomic E-state index is 12.5. The van der Waals surface area contributed by atoms with Gasteiger partial charge in [-0.25, -0.2) is 4.79 Å². The summed E-state index contributed by atoms with van der Waals surface area (Å²) in [7, 11) is 0. The molecule has 7 nitrogen and oxygen atoms in total. The highest BCUT2D eigenvalue weighted by Gasteiger charge is 2.34. The SMILES string of the molecule is CSc1ccc(NC(=O)N(CC(=O)Nc2cc(C)on2)C2CC2)cc1. The van der Waals surface area contributed by atoms with Gasteiger partial charge in [0.25, 0.3) is 0 Å². The molecule has 1 aliphatic rings. The summed E-state index contributed by atoms with van der Waals surface area (Å²) in [4.78, 5) is 27.4. The Bertz CT molecular complexity index is 756. The second kappa shape index (κ2) is 7.60. The molecule has 3 amide bonds. The minimum Gasteiger partial charge on any atom is -0.360 e. The summed E-state index contributed by atoms with van der Waals surface area (Å²) >= 11 is 1.64. The molecule has 1 aromatic carbocycles. The van der Waals surface area contributed by atoms with Crippen molar-refractivity contribution in [2.45, 2.75) is 30.7 Å². The Morgan fingerprint density at radius 2 is 2.00 bits per heavy atom. The van der Waals surface area contributed by atoms with E-state index in [-0.39, 0.29) is 24.5 Å². The minimum atomic E-state index is -0.298. The Morgan fingerprint density at radius 1 is 1.28 bits per heavy atom. The molecule has 0 atom stereocenters. The lowest BCUT2D eigenvalue weighted by atomic mass is 10.3. The number of hydrogen-bond acceptors (Lipinski definition) is 5. The van der Waals surface area contributed by atoms with Gasteiger partial charge >= 0.3 is 6.03 Å². The normalized spacial score (nSPS) is 13.4. The summed E-state index contributed by atoms with van der Waals surface area (Å²) in [6.45, 7) is 1.72. The lowest BCUT2D eigenvalue weighted by Crippen LogP contribution is -2.42. The molecule has 3 rings (SSSR count). The molecular formula is C17H20N4O3S. The number of nitrogens with one attached hydrogen (secondary N) is 2. The summed E-state index contributed by atoms with van der Waals surface area (Å²) in [6.07, 6.45) is 3.82. The Hall–Kier alpha value is -2.48. The van der Waals surface area contributed by atoms with Crippen molar-refractivity contribution in [3.63, 3.8) is 0 Å². The first-order valence-corrected chi connectivity index (χ1v) is 9.22. The maximum Gasteiger partial charge on any atom is 0.322 e. The van der Waals surface area contributed by atoms with Gasteiger partial charge < -0.3 is 20.1 Å². The number of anilines is 2. The molecule has 0 radical (unpaired) electrons. The van der Waals surface area contributed by atoms with Crippen LogP contribution in [-0.2, 0) is 4.79 Å². The summed E-state index contributed by atoms with van der Waals surface area (Å²) in [5.74, 6) is 0.667. The highest BCUT2D eigenvalue weighted by molar-refractivity contribution is 7.98. The van der Waals surface area contributed by atoms with Crippen molar-refractivity contribution in [2.24, 2.45) is 0 Å². The molecule has 0 unspecified atom stereocenters. The number of aryl methyl sites for hydroxylation is 1. The van der Waals surface area contributed by atoms with E-state index in [1.807, 2.05) is 30.5 Å². The van der Waals surface area contributed by atoms with Crippen molar-refractivity contribution in [3.8, 4) is 0 Å². The van der Waals surface area contributed by atoms with Crippen LogP contribution >= 0.6 is 11.8 Å². The fourth-order valence-electron chi connectivity index (χ4n) is 2.38. The maximum absolute atomic E-state index is 12.5. The van der Waals surface area contributed by atoms with Crippen molar-refractivity contribution >= 4 is 35.2 Å². The molecule has 1 aliphatic carbocycles. The first-order chi connectivity index (χ1) is 12.0. The molecule has 1 fully saturated rings. The third-order valence-electron chi connectivity index (χ3n) is 3.80. The molecule has 132 valence electrons. The van der Waals surface area contributed by atoms with Crippen LogP contribution in [0, 0.1) is 6.92 Å². The first kappa shape index (κ1) is 17.3. The smallest absolute Gasteiger partial charge is 0.322 e. The molecule has 1 saturated carbocycles. The zero-order chi connectivity index (χ0) is 17.8. The number of nitrogens with zero attached hydrogens (tertiary/aromatic N) is 2. The van der Waals surface area contributed by atoms with Crippen LogP contribution in [0.15, 0.2) is 39.8 Å². The molecule has 0 spiro atoms. The zero-order valence-corrected chi connectivity index (χ0v) is 14.9. The van der Waals surface area contributed by atoms with Crippen LogP contribution in [0.4, 0.5) is 16.3 Å². The summed E-state index contributed by atoms with van der Waals surface area (Å²) in [5, 5.41) is 9.22. The van der Waals surface area contributed by atoms with Gasteiger partial charge in [0.2, 0.25) is 5.91 Å². The molecule has 0 aliphatic heterocycles. The van der Waals surface area contributed by atoms with Gasteiger partial charge in [0.05, 0.1) is 0 Å². The average Bonchev–Trinajstić information content (AvgIpc) is 3.36. The van der Waals surface area contributed by atoms with Crippen LogP contribution < -0.4 is 10.6 Å². The lowest BCUT2D eigenvalue weighted by molar-refractivity contribution is -0.116. The zero-order valence-electron chi connectivity index (χ0n) is 14.1. The van der Waals surface area contributed by atoms with Crippen molar-refractivity contribution in [2.75, 3.05) is 23.4 Å². The van der Waals surface area contributed by atoms with E-state index < -0.39 is 0 Å². The van der Waals surface area contributed by atoms with Crippen molar-refractivity contribution in [1.29, 1.82) is 0 Å². The van der Waals surface area contributed by atoms with Crippen LogP contribution in [0.5, 0.6) is 0 Å². The average molecular weight is 360 g/mol. The third-order valence-corrected chi connectivity index (χ3v) is 4.54. The van der Waals surface area contributed by atoms with E-state index in [1.165, 1.54) is 0 Å². The van der Waals surface area contributed by atoms with Crippen LogP contribution in [0.1, 0.15) is 18.6 Å². The number of carbonyl (C=O) groups is 2. The van der Waals surface area contributed by atoms with Crippen molar-refractivity contribution < 1.29 is 14.1 Å². The number of hydrogen-bond donors (Lipinski definition) is 2. The van der Waals surface area contributed by atoms with E-state index in [2.05, 4.69) is 15.8 Å². The molecule has 1 aromatic heterocycles. The number of urea groups is 1. The number of thioether (sulfide) groups is 1. The minimum absolute atomic E-state index is 0.0225. The molecular weight excluding hydrogens is 340 g/mol. The van der Waals surface area contributed by atoms with E-state index in [4.69, 9.17) is 4.52 Å². The molecule has 8 heteroatoms. The Kier molecular flexibility index (Phi) is 5.28. The fraction of sp³-hybridized carbons (Fsp3) is 0.353. The molecule has 2 aromatic rings. The van der Waals surface area contributed by atoms with Crippen LogP contribution in [0.3, 0.4) is 0 Å². The molecule has 0 saturated heterocycles. The summed E-state index contributed by atoms with van der Waals surface area (Å²) in [6, 6.07) is 9.07. The van der Waals surface area contributed by atoms with E-state index in [0.29, 0.717) is 17.3 Å². The largest absolute Gasteiger partial charge is 0.360 e. The van der Waals surface area contributed by atoms with Crippen molar-refractivity contribution in [3.05, 3.63) is 36.1 Å². The van der Waals surface area contributed by atoms with E-state index in [0.717, 1.165) is 17.7 Å². The highest BCUT2D eigenvalue weighted by atomic mass is 32.2. The van der Waals surface area contributed by atoms with Crippen LogP contribution in [-0.4, -0.2) is 40.8 Å². The topological polar surface area (TPSA) is 87.5 Å². The molecule has 2 N–H and O–H groups in total. The standard InChI is InChI=1S/C17H20N4O3S/c1-11-9-15(20-24-11)19-16(22)10-21(13-5-6-13)17(23)18-12-3-7-14(25-2)8-4-12/h3-4,7-9,13H,5-6,10H2,1-2H3,(H,18,23)(H,19,20,22). The van der Waals surface area contributed by atoms with Gasteiger partial charge in [0, 0.05) is 22.7 Å². The van der Waals surface area contributed by atoms with Gasteiger partial charge in [-0.3, -0.25) is 4.79 Å². The molecule has 0 bridgehead atoms. The van der Waals surface area contributed by atoms with Gasteiger partial charge in [-0.05, 0) is 50.3 Å². The van der Waals surface area contributed by atoms with Crippen molar-refractivity contribution in [1.82, 2.24) is 10.1 Å². The second-order valence-corrected chi connectivity index (χ2v) is 6.77. The van der Waals surface area contributed by atoms with Crippen LogP contribution in [0.2, 0.25) is 0 Å². The highest BCUT2D eigenvalue weighted by Crippen LogP contribution is 2.27. The van der Waals surface area contributed by atoms with Gasteiger partial charge in [0.1, 0.15) is 12.3 Å². The van der Waals surface area contributed by atoms with E-state index >= 15 is 0 Å².